The summed E-state index contributed by atoms with van der Waals surface area (Å²) in [5, 5.41) is 11.4. The van der Waals surface area contributed by atoms with E-state index >= 15 is 0 Å². The van der Waals surface area contributed by atoms with Crippen molar-refractivity contribution >= 4 is 5.91 Å². The monoisotopic (exact) mass is 290 g/mol. The zero-order valence-corrected chi connectivity index (χ0v) is 12.8. The largest absolute Gasteiger partial charge is 0.495 e. The van der Waals surface area contributed by atoms with Gasteiger partial charge in [0.1, 0.15) is 12.4 Å². The molecule has 0 aliphatic rings. The van der Waals surface area contributed by atoms with Crippen molar-refractivity contribution in [3.8, 4) is 17.6 Å². The van der Waals surface area contributed by atoms with E-state index in [1.54, 1.807) is 14.2 Å². The molecule has 0 atom stereocenters. The van der Waals surface area contributed by atoms with Gasteiger partial charge in [-0.1, -0.05) is 17.9 Å². The van der Waals surface area contributed by atoms with Crippen LogP contribution in [0.25, 0.3) is 0 Å². The summed E-state index contributed by atoms with van der Waals surface area (Å²) in [5.41, 5.74) is 1.83. The molecule has 0 aromatic heterocycles. The van der Waals surface area contributed by atoms with E-state index in [9.17, 15) is 4.79 Å². The Labute approximate surface area is 125 Å². The van der Waals surface area contributed by atoms with Crippen molar-refractivity contribution in [3.63, 3.8) is 0 Å². The predicted molar refractivity (Wildman–Crippen MR) is 82.0 cm³/mol. The molecule has 5 heteroatoms. The van der Waals surface area contributed by atoms with Gasteiger partial charge in [-0.05, 0) is 24.7 Å². The molecule has 2 N–H and O–H groups in total. The van der Waals surface area contributed by atoms with Crippen molar-refractivity contribution in [2.75, 3.05) is 34.4 Å². The highest BCUT2D eigenvalue weighted by Crippen LogP contribution is 2.19. The van der Waals surface area contributed by atoms with Crippen LogP contribution in [0.15, 0.2) is 18.2 Å². The lowest BCUT2D eigenvalue weighted by atomic mass is 10.1. The second-order valence-electron chi connectivity index (χ2n) is 4.66. The standard InChI is InChI=1S/C16H22N2O3/c1-17-16(20)8-9-18(2)12-13-6-7-15(21-3)14(11-13)5-4-10-19/h6-7,11,19H,8-10,12H2,1-3H3,(H,17,20). The average Bonchev–Trinajstić information content (AvgIpc) is 2.50. The summed E-state index contributed by atoms with van der Waals surface area (Å²) in [7, 11) is 5.19. The first kappa shape index (κ1) is 17.0. The lowest BCUT2D eigenvalue weighted by Gasteiger charge is -2.16. The maximum atomic E-state index is 11.2. The van der Waals surface area contributed by atoms with Crippen LogP contribution in [0, 0.1) is 11.8 Å². The lowest BCUT2D eigenvalue weighted by Crippen LogP contribution is -2.26. The molecule has 0 heterocycles. The fourth-order valence-electron chi connectivity index (χ4n) is 1.89. The van der Waals surface area contributed by atoms with E-state index < -0.39 is 0 Å². The summed E-state index contributed by atoms with van der Waals surface area (Å²) >= 11 is 0. The first-order valence-corrected chi connectivity index (χ1v) is 6.76. The van der Waals surface area contributed by atoms with E-state index in [4.69, 9.17) is 9.84 Å². The fraction of sp³-hybridized carbons (Fsp3) is 0.438. The Morgan fingerprint density at radius 2 is 2.24 bits per heavy atom. The van der Waals surface area contributed by atoms with E-state index in [1.165, 1.54) is 0 Å². The van der Waals surface area contributed by atoms with Crippen molar-refractivity contribution < 1.29 is 14.6 Å². The third-order valence-corrected chi connectivity index (χ3v) is 3.02. The SMILES string of the molecule is CNC(=O)CCN(C)Cc1ccc(OC)c(C#CCO)c1. The fourth-order valence-corrected chi connectivity index (χ4v) is 1.89. The normalized spacial score (nSPS) is 9.95. The van der Waals surface area contributed by atoms with Crippen LogP contribution in [0.4, 0.5) is 0 Å². The van der Waals surface area contributed by atoms with Gasteiger partial charge in [0.05, 0.1) is 12.7 Å². The van der Waals surface area contributed by atoms with Crippen molar-refractivity contribution in [1.82, 2.24) is 10.2 Å². The van der Waals surface area contributed by atoms with E-state index in [2.05, 4.69) is 22.1 Å². The van der Waals surface area contributed by atoms with Gasteiger partial charge in [0.15, 0.2) is 0 Å². The van der Waals surface area contributed by atoms with Gasteiger partial charge in [-0.25, -0.2) is 0 Å². The second kappa shape index (κ2) is 9.01. The molecule has 0 aliphatic heterocycles. The van der Waals surface area contributed by atoms with Crippen LogP contribution in [0.2, 0.25) is 0 Å². The average molecular weight is 290 g/mol. The molecule has 0 saturated carbocycles. The number of carbonyl (C=O) groups excluding carboxylic acids is 1. The third kappa shape index (κ3) is 5.86. The number of aliphatic hydroxyl groups excluding tert-OH is 1. The van der Waals surface area contributed by atoms with E-state index in [1.807, 2.05) is 25.2 Å². The molecule has 114 valence electrons. The minimum absolute atomic E-state index is 0.0334. The van der Waals surface area contributed by atoms with Gasteiger partial charge < -0.3 is 20.1 Å². The quantitative estimate of drug-likeness (QED) is 0.754. The smallest absolute Gasteiger partial charge is 0.221 e. The van der Waals surface area contributed by atoms with Crippen molar-refractivity contribution in [2.24, 2.45) is 0 Å². The van der Waals surface area contributed by atoms with Crippen LogP contribution in [-0.4, -0.2) is 50.3 Å². The summed E-state index contributed by atoms with van der Waals surface area (Å²) < 4.78 is 5.25. The molecule has 1 aromatic carbocycles. The highest BCUT2D eigenvalue weighted by atomic mass is 16.5. The first-order chi connectivity index (χ1) is 10.1. The molecule has 0 aliphatic carbocycles. The number of amides is 1. The lowest BCUT2D eigenvalue weighted by molar-refractivity contribution is -0.120. The van der Waals surface area contributed by atoms with Crippen LogP contribution >= 0.6 is 0 Å². The molecule has 0 unspecified atom stereocenters. The maximum absolute atomic E-state index is 11.2. The van der Waals surface area contributed by atoms with Crippen molar-refractivity contribution in [1.29, 1.82) is 0 Å². The Hall–Kier alpha value is -2.03. The summed E-state index contributed by atoms with van der Waals surface area (Å²) in [4.78, 5) is 13.3. The number of ether oxygens (including phenoxy) is 1. The topological polar surface area (TPSA) is 61.8 Å². The van der Waals surface area contributed by atoms with Crippen LogP contribution in [0.3, 0.4) is 0 Å². The Kier molecular flexibility index (Phi) is 7.30. The number of aliphatic hydroxyl groups is 1. The van der Waals surface area contributed by atoms with Crippen molar-refractivity contribution in [3.05, 3.63) is 29.3 Å². The molecule has 21 heavy (non-hydrogen) atoms. The van der Waals surface area contributed by atoms with E-state index in [0.29, 0.717) is 18.7 Å². The first-order valence-electron chi connectivity index (χ1n) is 6.76. The molecule has 0 radical (unpaired) electrons. The zero-order valence-electron chi connectivity index (χ0n) is 12.8. The summed E-state index contributed by atoms with van der Waals surface area (Å²) in [6.45, 7) is 1.22. The van der Waals surface area contributed by atoms with Crippen LogP contribution in [0.1, 0.15) is 17.5 Å². The van der Waals surface area contributed by atoms with Gasteiger partial charge >= 0.3 is 0 Å². The number of methoxy groups -OCH3 is 1. The minimum Gasteiger partial charge on any atom is -0.495 e. The molecular weight excluding hydrogens is 268 g/mol. The number of nitrogens with one attached hydrogen (secondary N) is 1. The molecule has 0 spiro atoms. The predicted octanol–water partition coefficient (Wildman–Crippen LogP) is 0.607. The molecule has 1 amide bonds. The molecule has 0 saturated heterocycles. The van der Waals surface area contributed by atoms with Gasteiger partial charge in [-0.15, -0.1) is 0 Å². The zero-order chi connectivity index (χ0) is 15.7. The van der Waals surface area contributed by atoms with Crippen LogP contribution in [0.5, 0.6) is 5.75 Å². The number of hydrogen-bond donors (Lipinski definition) is 2. The molecule has 5 nitrogen and oxygen atoms in total. The van der Waals surface area contributed by atoms with Gasteiger partial charge in [-0.2, -0.15) is 0 Å². The second-order valence-corrected chi connectivity index (χ2v) is 4.66. The Morgan fingerprint density at radius 1 is 1.48 bits per heavy atom. The van der Waals surface area contributed by atoms with Crippen LogP contribution in [-0.2, 0) is 11.3 Å². The number of nitrogens with zero attached hydrogens (tertiary/aromatic N) is 1. The number of hydrogen-bond acceptors (Lipinski definition) is 4. The van der Waals surface area contributed by atoms with Gasteiger partial charge in [0, 0.05) is 26.6 Å². The van der Waals surface area contributed by atoms with Crippen LogP contribution < -0.4 is 10.1 Å². The molecule has 0 fully saturated rings. The van der Waals surface area contributed by atoms with E-state index in [-0.39, 0.29) is 12.5 Å². The highest BCUT2D eigenvalue weighted by molar-refractivity contribution is 5.75. The molecule has 1 rings (SSSR count). The highest BCUT2D eigenvalue weighted by Gasteiger charge is 2.06. The molecule has 1 aromatic rings. The van der Waals surface area contributed by atoms with Gasteiger partial charge in [0.25, 0.3) is 0 Å². The van der Waals surface area contributed by atoms with Gasteiger partial charge in [-0.3, -0.25) is 4.79 Å². The third-order valence-electron chi connectivity index (χ3n) is 3.02. The number of rotatable bonds is 6. The Morgan fingerprint density at radius 3 is 2.86 bits per heavy atom. The Bertz CT molecular complexity index is 532. The molecular formula is C16H22N2O3. The Balaban J connectivity index is 2.72. The minimum atomic E-state index is -0.181. The molecule has 0 bridgehead atoms. The van der Waals surface area contributed by atoms with Crippen molar-refractivity contribution in [2.45, 2.75) is 13.0 Å². The number of benzene rings is 1. The van der Waals surface area contributed by atoms with E-state index in [0.717, 1.165) is 17.7 Å². The summed E-state index contributed by atoms with van der Waals surface area (Å²) in [6.07, 6.45) is 0.473. The summed E-state index contributed by atoms with van der Waals surface area (Å²) in [6, 6.07) is 5.78. The summed E-state index contributed by atoms with van der Waals surface area (Å²) in [5.74, 6) is 6.23. The van der Waals surface area contributed by atoms with Gasteiger partial charge in [0.2, 0.25) is 5.91 Å². The maximum Gasteiger partial charge on any atom is 0.221 e. The number of carbonyl (C=O) groups is 1.